The van der Waals surface area contributed by atoms with Crippen LogP contribution < -0.4 is 14.8 Å². The van der Waals surface area contributed by atoms with Gasteiger partial charge in [-0.1, -0.05) is 24.3 Å². The Morgan fingerprint density at radius 3 is 2.59 bits per heavy atom. The van der Waals surface area contributed by atoms with E-state index in [1.807, 2.05) is 61.6 Å². The van der Waals surface area contributed by atoms with Gasteiger partial charge >= 0.3 is 0 Å². The fourth-order valence-corrected chi connectivity index (χ4v) is 3.54. The number of aromatic nitrogens is 1. The van der Waals surface area contributed by atoms with E-state index in [4.69, 9.17) is 9.47 Å². The Morgan fingerprint density at radius 1 is 1.10 bits per heavy atom. The van der Waals surface area contributed by atoms with Gasteiger partial charge in [0, 0.05) is 42.5 Å². The molecule has 0 fully saturated rings. The van der Waals surface area contributed by atoms with Crippen molar-refractivity contribution in [2.24, 2.45) is 0 Å². The number of carbonyl (C=O) groups is 1. The van der Waals surface area contributed by atoms with Gasteiger partial charge in [0.05, 0.1) is 14.2 Å². The summed E-state index contributed by atoms with van der Waals surface area (Å²) in [4.78, 5) is 18.1. The number of amides is 1. The maximum atomic E-state index is 12.7. The third-order valence-corrected chi connectivity index (χ3v) is 5.08. The predicted molar refractivity (Wildman–Crippen MR) is 116 cm³/mol. The Bertz CT molecular complexity index is 965. The van der Waals surface area contributed by atoms with E-state index in [0.29, 0.717) is 24.5 Å². The first-order valence-corrected chi connectivity index (χ1v) is 9.72. The average Bonchev–Trinajstić information content (AvgIpc) is 3.15. The lowest BCUT2D eigenvalue weighted by atomic mass is 9.87. The van der Waals surface area contributed by atoms with Gasteiger partial charge in [-0.3, -0.25) is 4.79 Å². The molecule has 6 heteroatoms. The van der Waals surface area contributed by atoms with Crippen molar-refractivity contribution < 1.29 is 14.3 Å². The zero-order valence-corrected chi connectivity index (χ0v) is 17.5. The molecule has 0 aliphatic carbocycles. The Hall–Kier alpha value is -2.99. The molecule has 1 unspecified atom stereocenters. The molecule has 0 spiro atoms. The van der Waals surface area contributed by atoms with Crippen LogP contribution in [0.25, 0.3) is 10.9 Å². The number of para-hydroxylation sites is 1. The van der Waals surface area contributed by atoms with E-state index in [2.05, 4.69) is 16.4 Å². The van der Waals surface area contributed by atoms with E-state index in [1.54, 1.807) is 14.2 Å². The van der Waals surface area contributed by atoms with Crippen molar-refractivity contribution in [3.63, 3.8) is 0 Å². The number of nitrogens with one attached hydrogen (secondary N) is 2. The van der Waals surface area contributed by atoms with E-state index in [1.165, 1.54) is 0 Å². The van der Waals surface area contributed by atoms with Crippen LogP contribution in [0.15, 0.2) is 48.7 Å². The minimum atomic E-state index is -0.106. The number of likely N-dealkylation sites (N-methyl/N-ethyl adjacent to an activating group) is 1. The molecule has 0 aliphatic heterocycles. The van der Waals surface area contributed by atoms with Crippen molar-refractivity contribution in [1.82, 2.24) is 15.2 Å². The van der Waals surface area contributed by atoms with E-state index >= 15 is 0 Å². The summed E-state index contributed by atoms with van der Waals surface area (Å²) in [7, 11) is 7.22. The Morgan fingerprint density at radius 2 is 1.86 bits per heavy atom. The summed E-state index contributed by atoms with van der Waals surface area (Å²) < 4.78 is 10.9. The van der Waals surface area contributed by atoms with Crippen molar-refractivity contribution >= 4 is 16.8 Å². The molecule has 0 aliphatic rings. The lowest BCUT2D eigenvalue weighted by Crippen LogP contribution is -2.32. The molecule has 0 bridgehead atoms. The topological polar surface area (TPSA) is 66.6 Å². The summed E-state index contributed by atoms with van der Waals surface area (Å²) in [5, 5.41) is 4.15. The van der Waals surface area contributed by atoms with Gasteiger partial charge in [0.25, 0.3) is 0 Å². The molecule has 6 nitrogen and oxygen atoms in total. The van der Waals surface area contributed by atoms with Gasteiger partial charge < -0.3 is 24.7 Å². The van der Waals surface area contributed by atoms with Crippen molar-refractivity contribution in [2.45, 2.75) is 12.3 Å². The lowest BCUT2D eigenvalue weighted by molar-refractivity contribution is -0.121. The van der Waals surface area contributed by atoms with E-state index in [0.717, 1.165) is 28.6 Å². The fraction of sp³-hybridized carbons (Fsp3) is 0.348. The maximum absolute atomic E-state index is 12.7. The van der Waals surface area contributed by atoms with Crippen LogP contribution in [0, 0.1) is 0 Å². The van der Waals surface area contributed by atoms with Crippen molar-refractivity contribution in [1.29, 1.82) is 0 Å². The van der Waals surface area contributed by atoms with Crippen LogP contribution in [0.4, 0.5) is 0 Å². The smallest absolute Gasteiger partial charge is 0.220 e. The van der Waals surface area contributed by atoms with Gasteiger partial charge in [-0.25, -0.2) is 0 Å². The van der Waals surface area contributed by atoms with Crippen LogP contribution in [-0.2, 0) is 4.79 Å². The van der Waals surface area contributed by atoms with Gasteiger partial charge in [-0.15, -0.1) is 0 Å². The molecule has 1 atom stereocenters. The minimum absolute atomic E-state index is 0.0249. The molecular formula is C23H29N3O3. The standard InChI is InChI=1S/C23H29N3O3/c1-26(2)12-11-24-23(27)14-18(16-9-10-21(28-3)22(13-16)29-4)19-15-25-20-8-6-5-7-17(19)20/h5-10,13,15,18,25H,11-12,14H2,1-4H3,(H,24,27). The predicted octanol–water partition coefficient (Wildman–Crippen LogP) is 3.38. The molecule has 29 heavy (non-hydrogen) atoms. The second-order valence-corrected chi connectivity index (χ2v) is 7.31. The Kier molecular flexibility index (Phi) is 6.77. The molecule has 2 aromatic carbocycles. The van der Waals surface area contributed by atoms with Crippen LogP contribution in [0.2, 0.25) is 0 Å². The number of hydrogen-bond acceptors (Lipinski definition) is 4. The highest BCUT2D eigenvalue weighted by Gasteiger charge is 2.22. The number of aromatic amines is 1. The maximum Gasteiger partial charge on any atom is 0.220 e. The molecule has 3 aromatic rings. The second-order valence-electron chi connectivity index (χ2n) is 7.31. The van der Waals surface area contributed by atoms with Crippen molar-refractivity contribution in [3.05, 3.63) is 59.8 Å². The van der Waals surface area contributed by atoms with Gasteiger partial charge in [-0.2, -0.15) is 0 Å². The minimum Gasteiger partial charge on any atom is -0.493 e. The van der Waals surface area contributed by atoms with Crippen LogP contribution in [-0.4, -0.2) is 57.2 Å². The highest BCUT2D eigenvalue weighted by molar-refractivity contribution is 5.86. The number of methoxy groups -OCH3 is 2. The highest BCUT2D eigenvalue weighted by atomic mass is 16.5. The molecular weight excluding hydrogens is 366 g/mol. The zero-order valence-electron chi connectivity index (χ0n) is 17.5. The Labute approximate surface area is 171 Å². The molecule has 3 rings (SSSR count). The van der Waals surface area contributed by atoms with Crippen molar-refractivity contribution in [3.8, 4) is 11.5 Å². The highest BCUT2D eigenvalue weighted by Crippen LogP contribution is 2.37. The number of hydrogen-bond donors (Lipinski definition) is 2. The number of benzene rings is 2. The van der Waals surface area contributed by atoms with Crippen LogP contribution >= 0.6 is 0 Å². The number of ether oxygens (including phenoxy) is 2. The summed E-state index contributed by atoms with van der Waals surface area (Å²) >= 11 is 0. The molecule has 1 aromatic heterocycles. The number of H-pyrrole nitrogens is 1. The van der Waals surface area contributed by atoms with Crippen LogP contribution in [0.1, 0.15) is 23.5 Å². The SMILES string of the molecule is COc1ccc(C(CC(=O)NCCN(C)C)c2c[nH]c3ccccc23)cc1OC. The summed E-state index contributed by atoms with van der Waals surface area (Å²) in [6.07, 6.45) is 2.35. The van der Waals surface area contributed by atoms with Crippen LogP contribution in [0.5, 0.6) is 11.5 Å². The molecule has 0 saturated carbocycles. The largest absolute Gasteiger partial charge is 0.493 e. The first-order chi connectivity index (χ1) is 14.0. The number of fused-ring (bicyclic) bond motifs is 1. The van der Waals surface area contributed by atoms with Gasteiger partial charge in [0.15, 0.2) is 11.5 Å². The van der Waals surface area contributed by atoms with E-state index in [-0.39, 0.29) is 11.8 Å². The van der Waals surface area contributed by atoms with Gasteiger partial charge in [0.2, 0.25) is 5.91 Å². The lowest BCUT2D eigenvalue weighted by Gasteiger charge is -2.19. The van der Waals surface area contributed by atoms with E-state index < -0.39 is 0 Å². The summed E-state index contributed by atoms with van der Waals surface area (Å²) in [5.41, 5.74) is 3.16. The third-order valence-electron chi connectivity index (χ3n) is 5.08. The summed E-state index contributed by atoms with van der Waals surface area (Å²) in [6.45, 7) is 1.43. The molecule has 0 radical (unpaired) electrons. The third kappa shape index (κ3) is 4.90. The zero-order chi connectivity index (χ0) is 20.8. The molecule has 0 saturated heterocycles. The summed E-state index contributed by atoms with van der Waals surface area (Å²) in [5.74, 6) is 1.24. The van der Waals surface area contributed by atoms with Gasteiger partial charge in [0.1, 0.15) is 0 Å². The molecule has 154 valence electrons. The average molecular weight is 396 g/mol. The molecule has 2 N–H and O–H groups in total. The van der Waals surface area contributed by atoms with Crippen LogP contribution in [0.3, 0.4) is 0 Å². The second kappa shape index (κ2) is 9.47. The normalized spacial score (nSPS) is 12.2. The molecule has 1 amide bonds. The number of carbonyl (C=O) groups excluding carboxylic acids is 1. The van der Waals surface area contributed by atoms with E-state index in [9.17, 15) is 4.79 Å². The Balaban J connectivity index is 1.95. The van der Waals surface area contributed by atoms with Gasteiger partial charge in [-0.05, 0) is 43.4 Å². The first-order valence-electron chi connectivity index (χ1n) is 9.72. The first kappa shape index (κ1) is 20.7. The molecule has 1 heterocycles. The quantitative estimate of drug-likeness (QED) is 0.583. The number of nitrogens with zero attached hydrogens (tertiary/aromatic N) is 1. The fourth-order valence-electron chi connectivity index (χ4n) is 3.54. The van der Waals surface area contributed by atoms with Crippen molar-refractivity contribution in [2.75, 3.05) is 41.4 Å². The monoisotopic (exact) mass is 395 g/mol. The number of rotatable bonds is 9. The summed E-state index contributed by atoms with van der Waals surface area (Å²) in [6, 6.07) is 14.0.